The Hall–Kier alpha value is -12.6. The van der Waals surface area contributed by atoms with Crippen molar-refractivity contribution < 1.29 is 78.4 Å². The maximum atomic E-state index is 12.1. The summed E-state index contributed by atoms with van der Waals surface area (Å²) < 4.78 is 19.9. The van der Waals surface area contributed by atoms with Crippen molar-refractivity contribution in [1.82, 2.24) is 5.32 Å². The zero-order valence-corrected chi connectivity index (χ0v) is 66.2. The number of carboxylic acid groups (broad SMARTS) is 2. The number of hydrogen-bond donors (Lipinski definition) is 7. The largest absolute Gasteiger partial charge is 0.508 e. The summed E-state index contributed by atoms with van der Waals surface area (Å²) in [5.41, 5.74) is 6.24. The fraction of sp³-hybridized carbons (Fsp3) is 0.174. The summed E-state index contributed by atoms with van der Waals surface area (Å²) >= 11 is 4.45. The molecule has 0 aromatic heterocycles. The van der Waals surface area contributed by atoms with Gasteiger partial charge in [0, 0.05) is 40.0 Å². The van der Waals surface area contributed by atoms with Gasteiger partial charge >= 0.3 is 29.8 Å². The highest BCUT2D eigenvalue weighted by atomic mass is 32.2. The number of methoxy groups -OCH3 is 2. The van der Waals surface area contributed by atoms with Gasteiger partial charge in [-0.25, -0.2) is 24.0 Å². The van der Waals surface area contributed by atoms with Gasteiger partial charge in [-0.2, -0.15) is 11.8 Å². The number of carbonyl (C=O) groups excluding carboxylic acids is 4. The molecular weight excluding hydrogens is 1500 g/mol. The molecule has 0 radical (unpaired) electrons. The first-order valence-electron chi connectivity index (χ1n) is 35.8. The molecule has 114 heavy (non-hydrogen) atoms. The number of fused-ring (bicyclic) bond motifs is 5. The van der Waals surface area contributed by atoms with Gasteiger partial charge in [-0.1, -0.05) is 148 Å². The van der Waals surface area contributed by atoms with Crippen LogP contribution in [0.15, 0.2) is 268 Å². The topological polar surface area (TPSA) is 297 Å². The van der Waals surface area contributed by atoms with Gasteiger partial charge in [0.25, 0.3) is 0 Å². The highest BCUT2D eigenvalue weighted by Crippen LogP contribution is 2.33. The lowest BCUT2D eigenvalue weighted by Crippen LogP contribution is -2.42. The van der Waals surface area contributed by atoms with Crippen molar-refractivity contribution in [2.24, 2.45) is 9.98 Å². The van der Waals surface area contributed by atoms with E-state index in [2.05, 4.69) is 67.8 Å². The summed E-state index contributed by atoms with van der Waals surface area (Å²) in [5, 5.41) is 70.8. The first kappa shape index (κ1) is 88.6. The maximum absolute atomic E-state index is 12.1. The average Bonchev–Trinajstić information content (AvgIpc) is 1.42. The quantitative estimate of drug-likeness (QED) is 0.0115. The number of aliphatic imine (C=N–C) groups is 2. The second-order valence-electron chi connectivity index (χ2n) is 25.1. The molecule has 12 rings (SSSR count). The molecule has 588 valence electrons. The molecule has 1 amide bonds. The Labute approximate surface area is 675 Å². The monoisotopic (exact) mass is 1590 g/mol. The summed E-state index contributed by atoms with van der Waals surface area (Å²) in [4.78, 5) is 77.1. The van der Waals surface area contributed by atoms with E-state index in [4.69, 9.17) is 29.2 Å². The molecule has 0 fully saturated rings. The van der Waals surface area contributed by atoms with Crippen LogP contribution >= 0.6 is 35.3 Å². The first-order chi connectivity index (χ1) is 55.0. The summed E-state index contributed by atoms with van der Waals surface area (Å²) in [5.74, 6) is 0.0178. The molecule has 2 aliphatic rings. The van der Waals surface area contributed by atoms with Crippen molar-refractivity contribution in [1.29, 1.82) is 0 Å². The minimum absolute atomic E-state index is 0.181. The lowest BCUT2D eigenvalue weighted by molar-refractivity contribution is -0.144. The van der Waals surface area contributed by atoms with E-state index >= 15 is 0 Å². The number of hydrogen-bond acceptors (Lipinski definition) is 19. The van der Waals surface area contributed by atoms with Gasteiger partial charge in [0.1, 0.15) is 48.0 Å². The number of rotatable bonds is 26. The van der Waals surface area contributed by atoms with Gasteiger partial charge in [0.15, 0.2) is 12.1 Å². The maximum Gasteiger partial charge on any atom is 0.338 e. The van der Waals surface area contributed by atoms with Crippen LogP contribution < -0.4 is 10.1 Å². The van der Waals surface area contributed by atoms with Crippen LogP contribution in [0.1, 0.15) is 67.4 Å². The molecule has 0 saturated heterocycles. The minimum Gasteiger partial charge on any atom is -0.508 e. The van der Waals surface area contributed by atoms with Crippen molar-refractivity contribution in [3.8, 4) is 28.7 Å². The molecule has 7 N–H and O–H groups in total. The zero-order chi connectivity index (χ0) is 82.6. The minimum atomic E-state index is -0.944. The number of allylic oxidation sites excluding steroid dienone is 4. The summed E-state index contributed by atoms with van der Waals surface area (Å²) in [6.45, 7) is 24.6. The molecular formula is C92H91N3O16S3. The fourth-order valence-electron chi connectivity index (χ4n) is 11.3. The third-order valence-electron chi connectivity index (χ3n) is 17.0. The molecule has 22 heteroatoms. The van der Waals surface area contributed by atoms with Gasteiger partial charge in [-0.05, 0) is 206 Å². The van der Waals surface area contributed by atoms with Crippen molar-refractivity contribution in [2.45, 2.75) is 50.7 Å². The van der Waals surface area contributed by atoms with Crippen molar-refractivity contribution >= 4 is 153 Å². The molecule has 10 aromatic rings. The van der Waals surface area contributed by atoms with E-state index in [9.17, 15) is 49.2 Å². The number of carbonyl (C=O) groups is 6. The SMILES string of the molecule is C=CCC.C=CCOC(=O)c1ccc2cc(OCC=C)ccc2c1.C=CCc1c(O)ccc2cc(/C=C/C(=O)N[C@H](CSC)C(=O)OC)ccc12.C=CCc1c(O)ccc2cc(/C=C/C3=N[C@@H](C(=O)O)CS3)ccc12.C=CCc1c(O)ccc2cc(/C=C/C3=N[C@@H](C(=O)OC)CS3)ccc12.O=C(O)c1ccc2cc(O)ccc2c1. The van der Waals surface area contributed by atoms with Crippen LogP contribution in [0.5, 0.6) is 28.7 Å². The van der Waals surface area contributed by atoms with Crippen LogP contribution in [0, 0.1) is 0 Å². The molecule has 2 heterocycles. The fourth-order valence-corrected chi connectivity index (χ4v) is 13.7. The molecule has 10 aromatic carbocycles. The normalized spacial score (nSPS) is 13.5. The molecule has 0 bridgehead atoms. The number of phenols is 4. The number of aliphatic carboxylic acids is 1. The Morgan fingerprint density at radius 3 is 1.41 bits per heavy atom. The number of thioether (sulfide) groups is 3. The number of aromatic carboxylic acids is 1. The van der Waals surface area contributed by atoms with E-state index in [1.54, 1.807) is 103 Å². The number of amides is 1. The Morgan fingerprint density at radius 2 is 0.956 bits per heavy atom. The predicted molar refractivity (Wildman–Crippen MR) is 468 cm³/mol. The van der Waals surface area contributed by atoms with Gasteiger partial charge in [0.2, 0.25) is 5.91 Å². The van der Waals surface area contributed by atoms with Crippen LogP contribution in [0.2, 0.25) is 0 Å². The molecule has 0 aliphatic carbocycles. The predicted octanol–water partition coefficient (Wildman–Crippen LogP) is 18.7. The van der Waals surface area contributed by atoms with E-state index < -0.39 is 36.0 Å². The first-order valence-corrected chi connectivity index (χ1v) is 39.2. The number of phenolic OH excluding ortho intramolecular Hbond substituents is 4. The Morgan fingerprint density at radius 1 is 0.509 bits per heavy atom. The summed E-state index contributed by atoms with van der Waals surface area (Å²) in [7, 11) is 2.68. The number of ether oxygens (including phenoxy) is 4. The zero-order valence-electron chi connectivity index (χ0n) is 63.7. The van der Waals surface area contributed by atoms with E-state index in [0.717, 1.165) is 110 Å². The Kier molecular flexibility index (Phi) is 35.5. The molecule has 0 spiro atoms. The van der Waals surface area contributed by atoms with Crippen LogP contribution in [0.4, 0.5) is 0 Å². The third kappa shape index (κ3) is 26.3. The Bertz CT molecular complexity index is 5350. The average molecular weight is 1590 g/mol. The van der Waals surface area contributed by atoms with Crippen molar-refractivity contribution in [2.75, 3.05) is 50.9 Å². The second kappa shape index (κ2) is 45.6. The number of aromatic hydroxyl groups is 4. The van der Waals surface area contributed by atoms with Crippen LogP contribution in [0.25, 0.3) is 72.1 Å². The van der Waals surface area contributed by atoms with Crippen LogP contribution in [-0.2, 0) is 52.7 Å². The Balaban J connectivity index is 0.000000197. The van der Waals surface area contributed by atoms with Crippen molar-refractivity contribution in [3.63, 3.8) is 0 Å². The summed E-state index contributed by atoms with van der Waals surface area (Å²) in [6, 6.07) is 47.5. The van der Waals surface area contributed by atoms with Crippen LogP contribution in [-0.4, -0.2) is 146 Å². The molecule has 3 atom stereocenters. The number of benzene rings is 10. The van der Waals surface area contributed by atoms with Gasteiger partial charge in [-0.15, -0.1) is 49.8 Å². The number of nitrogens with zero attached hydrogens (tertiary/aromatic N) is 2. The lowest BCUT2D eigenvalue weighted by atomic mass is 9.99. The molecule has 0 unspecified atom stereocenters. The summed E-state index contributed by atoms with van der Waals surface area (Å²) in [6.07, 6.45) is 25.9. The van der Waals surface area contributed by atoms with Gasteiger partial charge in [0.05, 0.1) is 35.4 Å². The smallest absolute Gasteiger partial charge is 0.338 e. The van der Waals surface area contributed by atoms with Crippen molar-refractivity contribution in [3.05, 3.63) is 302 Å². The lowest BCUT2D eigenvalue weighted by Gasteiger charge is -2.13. The third-order valence-corrected chi connectivity index (χ3v) is 19.8. The number of carboxylic acids is 2. The van der Waals surface area contributed by atoms with E-state index in [-0.39, 0.29) is 47.3 Å². The van der Waals surface area contributed by atoms with Gasteiger partial charge < -0.3 is 54.9 Å². The second-order valence-corrected chi connectivity index (χ2v) is 28.0. The van der Waals surface area contributed by atoms with E-state index in [1.165, 1.54) is 56.0 Å². The number of esters is 3. The van der Waals surface area contributed by atoms with Crippen LogP contribution in [0.3, 0.4) is 0 Å². The van der Waals surface area contributed by atoms with Gasteiger partial charge in [-0.3, -0.25) is 14.8 Å². The highest BCUT2D eigenvalue weighted by molar-refractivity contribution is 8.15. The molecule has 0 saturated carbocycles. The molecule has 19 nitrogen and oxygen atoms in total. The number of nitrogens with one attached hydrogen (secondary N) is 1. The standard InChI is InChI=1S/C21H23NO4S.C20H19NO3S.C19H17NO3S.C17H16O3.C11H8O3.C4H8/c1-4-5-17-16-9-6-14(12-15(16)8-10-19(17)23)7-11-20(24)22-18(13-27-3)21(25)26-2;1-3-4-16-15-8-5-13(11-14(15)7-9-18(16)22)6-10-19-21-17(12-25-19)20(23)24-2;1-2-3-15-14-7-4-12(10-13(14)6-8-17(15)21)5-9-18-20-16(11-24-18)19(22)23;1-3-9-19-16-8-7-13-11-15(6-5-14(13)12-16)17(18)20-10-4-2;12-10-4-3-7-5-9(11(13)14)2-1-8(7)6-10;1-3-4-2/h4,6-12,18,23H,1,5,13H2,2-3H3,(H,22,24);3,5-11,17,22H,1,4,12H2,2H3;2,4-10,16,21H,1,3,11H2,(H,22,23);3-8,11-12H,1-2,9-10H2;1-6,12H,(H,13,14);3H,1,4H2,2H3/b11-7+;10-6+;9-5+;;;/t18-;17-;16-;;;/m111.../s1. The van der Waals surface area contributed by atoms with E-state index in [0.29, 0.717) is 54.4 Å². The highest BCUT2D eigenvalue weighted by Gasteiger charge is 2.26. The molecule has 2 aliphatic heterocycles. The van der Waals surface area contributed by atoms with E-state index in [1.807, 2.05) is 128 Å².